The fourth-order valence-corrected chi connectivity index (χ4v) is 6.62. The number of hydrogen-bond donors (Lipinski definition) is 2. The molecule has 2 aromatic heterocycles. The highest BCUT2D eigenvalue weighted by Gasteiger charge is 2.24. The molecule has 0 bridgehead atoms. The Balaban J connectivity index is 1.54. The fourth-order valence-electron chi connectivity index (χ4n) is 5.22. The molecule has 192 valence electrons. The van der Waals surface area contributed by atoms with Crippen molar-refractivity contribution in [1.82, 2.24) is 9.88 Å². The summed E-state index contributed by atoms with van der Waals surface area (Å²) in [5, 5.41) is 15.0. The summed E-state index contributed by atoms with van der Waals surface area (Å²) in [6, 6.07) is 13.6. The van der Waals surface area contributed by atoms with E-state index < -0.39 is 0 Å². The molecule has 1 unspecified atom stereocenters. The van der Waals surface area contributed by atoms with Crippen LogP contribution in [0.15, 0.2) is 42.5 Å². The van der Waals surface area contributed by atoms with Crippen LogP contribution in [0.25, 0.3) is 21.0 Å². The number of amides is 1. The minimum absolute atomic E-state index is 0.0299. The molecule has 4 aromatic rings. The summed E-state index contributed by atoms with van der Waals surface area (Å²) in [5.74, 6) is 0.223. The molecule has 1 aliphatic rings. The number of hydrogen-bond acceptors (Lipinski definition) is 7. The number of ketones is 1. The third kappa shape index (κ3) is 5.02. The number of methoxy groups -OCH3 is 1. The molecule has 0 spiro atoms. The Morgan fingerprint density at radius 1 is 1.22 bits per heavy atom. The fraction of sp³-hybridized carbons (Fsp3) is 0.345. The van der Waals surface area contributed by atoms with Crippen LogP contribution in [0.5, 0.6) is 0 Å². The lowest BCUT2D eigenvalue weighted by atomic mass is 9.99. The van der Waals surface area contributed by atoms with Crippen LogP contribution in [0.4, 0.5) is 5.82 Å². The topological polar surface area (TPSA) is 91.8 Å². The van der Waals surface area contributed by atoms with Crippen molar-refractivity contribution in [1.29, 1.82) is 0 Å². The highest BCUT2D eigenvalue weighted by atomic mass is 32.1. The molecule has 0 radical (unpaired) electrons. The number of aryl methyl sites for hydroxylation is 1. The van der Waals surface area contributed by atoms with Crippen molar-refractivity contribution in [3.63, 3.8) is 0 Å². The van der Waals surface area contributed by atoms with Crippen molar-refractivity contribution in [2.45, 2.75) is 45.9 Å². The number of aromatic nitrogens is 1. The van der Waals surface area contributed by atoms with Gasteiger partial charge in [-0.15, -0.1) is 11.3 Å². The Labute approximate surface area is 220 Å². The van der Waals surface area contributed by atoms with Gasteiger partial charge >= 0.3 is 0 Å². The number of aliphatic hydroxyl groups is 1. The first-order valence-electron chi connectivity index (χ1n) is 12.6. The molecule has 1 saturated heterocycles. The summed E-state index contributed by atoms with van der Waals surface area (Å²) < 4.78 is 6.23. The number of β-amino-alcohol motifs (C(OH)–C–C–N with tert-alkyl or cyclic N) is 1. The van der Waals surface area contributed by atoms with Crippen LogP contribution >= 0.6 is 11.3 Å². The molecule has 5 rings (SSSR count). The number of Topliss-reactive ketones (excluding diaryl/α,β-unsaturated/α-hetero) is 1. The van der Waals surface area contributed by atoms with Crippen molar-refractivity contribution in [2.75, 3.05) is 25.5 Å². The molecule has 37 heavy (non-hydrogen) atoms. The molecule has 1 aliphatic heterocycles. The average molecular weight is 518 g/mol. The number of para-hydroxylation sites is 1. The molecule has 1 fully saturated rings. The average Bonchev–Trinajstić information content (AvgIpc) is 3.47. The van der Waals surface area contributed by atoms with Crippen molar-refractivity contribution >= 4 is 49.8 Å². The number of ether oxygens (including phenoxy) is 1. The molecule has 1 atom stereocenters. The molecular weight excluding hydrogens is 486 g/mol. The van der Waals surface area contributed by atoms with Crippen LogP contribution in [0.3, 0.4) is 0 Å². The molecule has 1 amide bonds. The lowest BCUT2D eigenvalue weighted by Crippen LogP contribution is -2.22. The van der Waals surface area contributed by atoms with E-state index in [4.69, 9.17) is 9.72 Å². The van der Waals surface area contributed by atoms with E-state index in [2.05, 4.69) is 10.2 Å². The van der Waals surface area contributed by atoms with E-state index in [1.54, 1.807) is 14.0 Å². The highest BCUT2D eigenvalue weighted by molar-refractivity contribution is 7.21. The van der Waals surface area contributed by atoms with Gasteiger partial charge in [-0.1, -0.05) is 31.2 Å². The second-order valence-corrected chi connectivity index (χ2v) is 10.6. The number of thiophene rings is 1. The van der Waals surface area contributed by atoms with E-state index in [0.717, 1.165) is 50.6 Å². The van der Waals surface area contributed by atoms with E-state index >= 15 is 0 Å². The number of anilines is 1. The van der Waals surface area contributed by atoms with Crippen molar-refractivity contribution in [3.05, 3.63) is 69.6 Å². The van der Waals surface area contributed by atoms with Gasteiger partial charge in [0.1, 0.15) is 5.82 Å². The summed E-state index contributed by atoms with van der Waals surface area (Å²) >= 11 is 1.35. The van der Waals surface area contributed by atoms with Gasteiger partial charge in [0, 0.05) is 47.8 Å². The summed E-state index contributed by atoms with van der Waals surface area (Å²) in [4.78, 5) is 33.5. The molecular formula is C29H31N3O4S. The third-order valence-corrected chi connectivity index (χ3v) is 8.21. The second kappa shape index (κ2) is 10.7. The summed E-state index contributed by atoms with van der Waals surface area (Å²) in [6.07, 6.45) is 1.12. The van der Waals surface area contributed by atoms with Gasteiger partial charge in [0.25, 0.3) is 5.91 Å². The monoisotopic (exact) mass is 517 g/mol. The van der Waals surface area contributed by atoms with E-state index in [9.17, 15) is 14.7 Å². The SMILES string of the molecule is CCc1c(C(=O)Nc2cc(CN3CCC(O)C3)c3ccccc3n2)sc2c(C(C)=O)ccc(COC)c12. The van der Waals surface area contributed by atoms with Gasteiger partial charge in [-0.3, -0.25) is 14.5 Å². The first kappa shape index (κ1) is 25.5. The van der Waals surface area contributed by atoms with Gasteiger partial charge in [0.15, 0.2) is 5.78 Å². The zero-order valence-corrected chi connectivity index (χ0v) is 22.2. The molecule has 2 aromatic carbocycles. The Bertz CT molecular complexity index is 1500. The van der Waals surface area contributed by atoms with Gasteiger partial charge in [-0.25, -0.2) is 4.98 Å². The highest BCUT2D eigenvalue weighted by Crippen LogP contribution is 2.38. The largest absolute Gasteiger partial charge is 0.392 e. The van der Waals surface area contributed by atoms with Crippen LogP contribution in [0.1, 0.15) is 57.0 Å². The molecule has 0 saturated carbocycles. The molecule has 3 heterocycles. The predicted octanol–water partition coefficient (Wildman–Crippen LogP) is 5.18. The lowest BCUT2D eigenvalue weighted by molar-refractivity contribution is 0.101. The zero-order valence-electron chi connectivity index (χ0n) is 21.3. The third-order valence-electron chi connectivity index (χ3n) is 6.95. The summed E-state index contributed by atoms with van der Waals surface area (Å²) in [7, 11) is 1.64. The van der Waals surface area contributed by atoms with Crippen LogP contribution in [-0.4, -0.2) is 53.0 Å². The maximum absolute atomic E-state index is 13.6. The van der Waals surface area contributed by atoms with Crippen molar-refractivity contribution < 1.29 is 19.4 Å². The number of benzene rings is 2. The minimum Gasteiger partial charge on any atom is -0.392 e. The van der Waals surface area contributed by atoms with Gasteiger partial charge in [-0.05, 0) is 54.7 Å². The maximum Gasteiger partial charge on any atom is 0.267 e. The van der Waals surface area contributed by atoms with E-state index in [-0.39, 0.29) is 17.8 Å². The van der Waals surface area contributed by atoms with Crippen LogP contribution in [-0.2, 0) is 24.3 Å². The Kier molecular flexibility index (Phi) is 7.35. The number of nitrogens with zero attached hydrogens (tertiary/aromatic N) is 2. The van der Waals surface area contributed by atoms with E-state index in [1.807, 2.05) is 49.4 Å². The first-order chi connectivity index (χ1) is 17.9. The molecule has 0 aliphatic carbocycles. The minimum atomic E-state index is -0.296. The van der Waals surface area contributed by atoms with Gasteiger partial charge < -0.3 is 15.2 Å². The van der Waals surface area contributed by atoms with Crippen LogP contribution in [0, 0.1) is 0 Å². The van der Waals surface area contributed by atoms with Crippen molar-refractivity contribution in [2.24, 2.45) is 0 Å². The Hall–Kier alpha value is -3.17. The zero-order chi connectivity index (χ0) is 26.1. The number of fused-ring (bicyclic) bond motifs is 2. The number of likely N-dealkylation sites (tertiary alicyclic amines) is 1. The Morgan fingerprint density at radius 3 is 2.73 bits per heavy atom. The smallest absolute Gasteiger partial charge is 0.267 e. The quantitative estimate of drug-likeness (QED) is 0.313. The van der Waals surface area contributed by atoms with Crippen molar-refractivity contribution in [3.8, 4) is 0 Å². The van der Waals surface area contributed by atoms with Crippen LogP contribution < -0.4 is 5.32 Å². The Morgan fingerprint density at radius 2 is 2.03 bits per heavy atom. The lowest BCUT2D eigenvalue weighted by Gasteiger charge is -2.17. The standard InChI is InChI=1S/C29H31N3O4S/c1-4-21-26-18(16-36-3)9-10-22(17(2)33)27(26)37-28(21)29(35)31-25-13-19(14-32-12-11-20(34)15-32)23-7-5-6-8-24(23)30-25/h5-10,13,20,34H,4,11-12,14-16H2,1-3H3,(H,30,31,35). The number of carbonyl (C=O) groups excluding carboxylic acids is 2. The van der Waals surface area contributed by atoms with Gasteiger partial charge in [-0.2, -0.15) is 0 Å². The van der Waals surface area contributed by atoms with Gasteiger partial charge in [0.2, 0.25) is 0 Å². The van der Waals surface area contributed by atoms with Gasteiger partial charge in [0.05, 0.1) is 23.1 Å². The number of nitrogens with one attached hydrogen (secondary N) is 1. The number of aliphatic hydroxyl groups excluding tert-OH is 1. The molecule has 8 heteroatoms. The normalized spacial score (nSPS) is 16.1. The number of pyridine rings is 1. The number of carbonyl (C=O) groups is 2. The maximum atomic E-state index is 13.6. The van der Waals surface area contributed by atoms with E-state index in [1.165, 1.54) is 11.3 Å². The first-order valence-corrected chi connectivity index (χ1v) is 13.4. The summed E-state index contributed by atoms with van der Waals surface area (Å²) in [6.45, 7) is 6.13. The molecule has 7 nitrogen and oxygen atoms in total. The predicted molar refractivity (Wildman–Crippen MR) is 148 cm³/mol. The van der Waals surface area contributed by atoms with Crippen LogP contribution in [0.2, 0.25) is 0 Å². The number of rotatable bonds is 8. The second-order valence-electron chi connectivity index (χ2n) is 9.54. The van der Waals surface area contributed by atoms with E-state index in [0.29, 0.717) is 42.4 Å². The summed E-state index contributed by atoms with van der Waals surface area (Å²) in [5.41, 5.74) is 4.37. The molecule has 2 N–H and O–H groups in total.